The summed E-state index contributed by atoms with van der Waals surface area (Å²) in [4.78, 5) is 32.0. The largest absolute Gasteiger partial charge is 0.480 e. The van der Waals surface area contributed by atoms with Gasteiger partial charge in [0.05, 0.1) is 17.2 Å². The summed E-state index contributed by atoms with van der Waals surface area (Å²) in [6, 6.07) is 7.19. The number of aliphatic carboxylic acids is 1. The molecule has 2 aromatic rings. The van der Waals surface area contributed by atoms with E-state index in [0.29, 0.717) is 23.9 Å². The number of nitrogens with one attached hydrogen (secondary N) is 1. The standard InChI is InChI=1S/C15H17N3O3/c1-3-15(4-2,14(20)21)18-13(19)12-9-16-10-7-5-6-8-11(10)17-12/h5-9H,3-4H2,1-2H3,(H,18,19)(H,20,21). The first kappa shape index (κ1) is 14.9. The number of carboxylic acids is 1. The number of carbonyl (C=O) groups excluding carboxylic acids is 1. The number of para-hydroxylation sites is 2. The molecule has 0 bridgehead atoms. The quantitative estimate of drug-likeness (QED) is 0.877. The topological polar surface area (TPSA) is 92.2 Å². The van der Waals surface area contributed by atoms with E-state index in [4.69, 9.17) is 0 Å². The molecule has 0 saturated carbocycles. The third kappa shape index (κ3) is 2.84. The molecule has 0 spiro atoms. The van der Waals surface area contributed by atoms with Gasteiger partial charge in [-0.05, 0) is 25.0 Å². The molecule has 110 valence electrons. The Kier molecular flexibility index (Phi) is 4.16. The van der Waals surface area contributed by atoms with E-state index in [2.05, 4.69) is 15.3 Å². The minimum atomic E-state index is -1.27. The Hall–Kier alpha value is -2.50. The van der Waals surface area contributed by atoms with Crippen molar-refractivity contribution in [2.45, 2.75) is 32.2 Å². The highest BCUT2D eigenvalue weighted by Gasteiger charge is 2.36. The highest BCUT2D eigenvalue weighted by Crippen LogP contribution is 2.16. The Bertz CT molecular complexity index is 681. The molecule has 0 saturated heterocycles. The van der Waals surface area contributed by atoms with Crippen molar-refractivity contribution in [1.29, 1.82) is 0 Å². The summed E-state index contributed by atoms with van der Waals surface area (Å²) in [5.41, 5.74) is 0.120. The number of aromatic nitrogens is 2. The van der Waals surface area contributed by atoms with Gasteiger partial charge in [-0.25, -0.2) is 9.78 Å². The molecule has 0 atom stereocenters. The number of fused-ring (bicyclic) bond motifs is 1. The molecule has 0 aliphatic heterocycles. The molecule has 0 radical (unpaired) electrons. The van der Waals surface area contributed by atoms with Gasteiger partial charge >= 0.3 is 5.97 Å². The van der Waals surface area contributed by atoms with Gasteiger partial charge in [-0.15, -0.1) is 0 Å². The van der Waals surface area contributed by atoms with E-state index >= 15 is 0 Å². The van der Waals surface area contributed by atoms with Gasteiger partial charge in [0.15, 0.2) is 0 Å². The van der Waals surface area contributed by atoms with Crippen molar-refractivity contribution in [3.63, 3.8) is 0 Å². The lowest BCUT2D eigenvalue weighted by Crippen LogP contribution is -2.53. The van der Waals surface area contributed by atoms with E-state index in [1.165, 1.54) is 6.20 Å². The summed E-state index contributed by atoms with van der Waals surface area (Å²) < 4.78 is 0. The Labute approximate surface area is 122 Å². The number of amides is 1. The van der Waals surface area contributed by atoms with Gasteiger partial charge in [0.25, 0.3) is 5.91 Å². The zero-order valence-corrected chi connectivity index (χ0v) is 12.0. The Morgan fingerprint density at radius 1 is 1.19 bits per heavy atom. The van der Waals surface area contributed by atoms with Crippen LogP contribution in [0.25, 0.3) is 11.0 Å². The second-order valence-corrected chi connectivity index (χ2v) is 4.79. The van der Waals surface area contributed by atoms with E-state index in [1.807, 2.05) is 6.07 Å². The monoisotopic (exact) mass is 287 g/mol. The van der Waals surface area contributed by atoms with Crippen molar-refractivity contribution >= 4 is 22.9 Å². The summed E-state index contributed by atoms with van der Waals surface area (Å²) in [7, 11) is 0. The fraction of sp³-hybridized carbons (Fsp3) is 0.333. The van der Waals surface area contributed by atoms with Gasteiger partial charge in [-0.1, -0.05) is 26.0 Å². The van der Waals surface area contributed by atoms with Crippen molar-refractivity contribution < 1.29 is 14.7 Å². The molecule has 1 aromatic carbocycles. The molecule has 0 fully saturated rings. The number of hydrogen-bond acceptors (Lipinski definition) is 4. The van der Waals surface area contributed by atoms with E-state index in [9.17, 15) is 14.7 Å². The third-order valence-corrected chi connectivity index (χ3v) is 3.65. The summed E-state index contributed by atoms with van der Waals surface area (Å²) in [5, 5.41) is 11.9. The number of nitrogens with zero attached hydrogens (tertiary/aromatic N) is 2. The van der Waals surface area contributed by atoms with Crippen LogP contribution in [0.3, 0.4) is 0 Å². The fourth-order valence-electron chi connectivity index (χ4n) is 2.13. The zero-order chi connectivity index (χ0) is 15.5. The van der Waals surface area contributed by atoms with Crippen LogP contribution < -0.4 is 5.32 Å². The third-order valence-electron chi connectivity index (χ3n) is 3.65. The van der Waals surface area contributed by atoms with Crippen molar-refractivity contribution in [3.05, 3.63) is 36.2 Å². The van der Waals surface area contributed by atoms with Crippen LogP contribution in [0.1, 0.15) is 37.2 Å². The molecule has 6 nitrogen and oxygen atoms in total. The Morgan fingerprint density at radius 2 is 1.81 bits per heavy atom. The first-order valence-corrected chi connectivity index (χ1v) is 6.80. The molecule has 1 amide bonds. The number of carbonyl (C=O) groups is 2. The fourth-order valence-corrected chi connectivity index (χ4v) is 2.13. The average molecular weight is 287 g/mol. The number of hydrogen-bond donors (Lipinski definition) is 2. The van der Waals surface area contributed by atoms with Crippen LogP contribution >= 0.6 is 0 Å². The van der Waals surface area contributed by atoms with Crippen LogP contribution in [0.2, 0.25) is 0 Å². The maximum atomic E-state index is 12.2. The highest BCUT2D eigenvalue weighted by molar-refractivity contribution is 5.97. The van der Waals surface area contributed by atoms with Crippen LogP contribution in [-0.4, -0.2) is 32.5 Å². The molecular weight excluding hydrogens is 270 g/mol. The Morgan fingerprint density at radius 3 is 2.38 bits per heavy atom. The smallest absolute Gasteiger partial charge is 0.329 e. The second-order valence-electron chi connectivity index (χ2n) is 4.79. The van der Waals surface area contributed by atoms with Gasteiger partial charge in [-0.2, -0.15) is 0 Å². The molecule has 1 heterocycles. The lowest BCUT2D eigenvalue weighted by molar-refractivity contribution is -0.144. The molecule has 21 heavy (non-hydrogen) atoms. The first-order valence-electron chi connectivity index (χ1n) is 6.80. The summed E-state index contributed by atoms with van der Waals surface area (Å²) in [6.07, 6.45) is 1.95. The Balaban J connectivity index is 2.31. The van der Waals surface area contributed by atoms with Crippen LogP contribution in [0, 0.1) is 0 Å². The van der Waals surface area contributed by atoms with Crippen LogP contribution in [0.4, 0.5) is 0 Å². The average Bonchev–Trinajstić information content (AvgIpc) is 2.51. The van der Waals surface area contributed by atoms with Crippen molar-refractivity contribution in [2.24, 2.45) is 0 Å². The SMILES string of the molecule is CCC(CC)(NC(=O)c1cnc2ccccc2n1)C(=O)O. The molecule has 2 N–H and O–H groups in total. The number of rotatable bonds is 5. The summed E-state index contributed by atoms with van der Waals surface area (Å²) in [6.45, 7) is 3.45. The minimum Gasteiger partial charge on any atom is -0.480 e. The van der Waals surface area contributed by atoms with E-state index in [1.54, 1.807) is 32.0 Å². The number of carboxylic acid groups (broad SMARTS) is 1. The molecule has 0 aliphatic carbocycles. The van der Waals surface area contributed by atoms with E-state index in [-0.39, 0.29) is 5.69 Å². The predicted molar refractivity (Wildman–Crippen MR) is 78.0 cm³/mol. The van der Waals surface area contributed by atoms with Crippen molar-refractivity contribution in [1.82, 2.24) is 15.3 Å². The lowest BCUT2D eigenvalue weighted by Gasteiger charge is -2.27. The molecule has 6 heteroatoms. The molecule has 1 aromatic heterocycles. The second kappa shape index (κ2) is 5.87. The van der Waals surface area contributed by atoms with Gasteiger partial charge in [0.1, 0.15) is 11.2 Å². The molecule has 2 rings (SSSR count). The number of benzene rings is 1. The maximum absolute atomic E-state index is 12.2. The highest BCUT2D eigenvalue weighted by atomic mass is 16.4. The predicted octanol–water partition coefficient (Wildman–Crippen LogP) is 2.00. The molecule has 0 unspecified atom stereocenters. The van der Waals surface area contributed by atoms with Gasteiger partial charge < -0.3 is 10.4 Å². The van der Waals surface area contributed by atoms with Crippen LogP contribution in [0.5, 0.6) is 0 Å². The van der Waals surface area contributed by atoms with Gasteiger partial charge in [0.2, 0.25) is 0 Å². The normalized spacial score (nSPS) is 11.3. The summed E-state index contributed by atoms with van der Waals surface area (Å²) in [5.74, 6) is -1.58. The van der Waals surface area contributed by atoms with Gasteiger partial charge in [0, 0.05) is 0 Å². The van der Waals surface area contributed by atoms with E-state index < -0.39 is 17.4 Å². The summed E-state index contributed by atoms with van der Waals surface area (Å²) >= 11 is 0. The molecule has 0 aliphatic rings. The zero-order valence-electron chi connectivity index (χ0n) is 12.0. The maximum Gasteiger partial charge on any atom is 0.329 e. The molecular formula is C15H17N3O3. The lowest BCUT2D eigenvalue weighted by atomic mass is 9.93. The van der Waals surface area contributed by atoms with Crippen molar-refractivity contribution in [3.8, 4) is 0 Å². The van der Waals surface area contributed by atoms with Crippen LogP contribution in [-0.2, 0) is 4.79 Å². The minimum absolute atomic E-state index is 0.112. The van der Waals surface area contributed by atoms with Gasteiger partial charge in [-0.3, -0.25) is 9.78 Å². The van der Waals surface area contributed by atoms with Crippen LogP contribution in [0.15, 0.2) is 30.5 Å². The van der Waals surface area contributed by atoms with Crippen molar-refractivity contribution in [2.75, 3.05) is 0 Å². The first-order chi connectivity index (χ1) is 10.0. The van der Waals surface area contributed by atoms with E-state index in [0.717, 1.165) is 0 Å².